The predicted octanol–water partition coefficient (Wildman–Crippen LogP) is 1.65. The average Bonchev–Trinajstić information content (AvgIpc) is 2.53. The largest absolute Gasteiger partial charge is 0.392 e. The number of hydrogen-bond acceptors (Lipinski definition) is 3. The van der Waals surface area contributed by atoms with Crippen molar-refractivity contribution in [3.8, 4) is 0 Å². The summed E-state index contributed by atoms with van der Waals surface area (Å²) in [6, 6.07) is 2.58. The summed E-state index contributed by atoms with van der Waals surface area (Å²) in [5.74, 6) is 0. The summed E-state index contributed by atoms with van der Waals surface area (Å²) in [5.41, 5.74) is 1.37. The standard InChI is InChI=1S/C10H17NOS/c1-8(11-6-9(2)12)5-10-3-4-13-7-10/h3-4,7-9,11-12H,5-6H2,1-2H3/t8?,9-/m0/s1. The number of aliphatic hydroxyl groups excluding tert-OH is 1. The van der Waals surface area contributed by atoms with Gasteiger partial charge in [0.05, 0.1) is 6.10 Å². The normalized spacial score (nSPS) is 15.6. The fraction of sp³-hybridized carbons (Fsp3) is 0.600. The van der Waals surface area contributed by atoms with Gasteiger partial charge in [-0.05, 0) is 42.7 Å². The molecule has 2 atom stereocenters. The summed E-state index contributed by atoms with van der Waals surface area (Å²) < 4.78 is 0. The first-order chi connectivity index (χ1) is 6.18. The van der Waals surface area contributed by atoms with Gasteiger partial charge in [0.15, 0.2) is 0 Å². The Morgan fingerprint density at radius 2 is 2.31 bits per heavy atom. The van der Waals surface area contributed by atoms with E-state index < -0.39 is 0 Å². The molecule has 0 saturated carbocycles. The van der Waals surface area contributed by atoms with E-state index in [-0.39, 0.29) is 6.10 Å². The molecule has 0 bridgehead atoms. The molecule has 2 N–H and O–H groups in total. The van der Waals surface area contributed by atoms with Crippen molar-refractivity contribution in [2.24, 2.45) is 0 Å². The first kappa shape index (κ1) is 10.7. The zero-order valence-electron chi connectivity index (χ0n) is 8.16. The molecule has 1 aromatic heterocycles. The fourth-order valence-electron chi connectivity index (χ4n) is 1.21. The van der Waals surface area contributed by atoms with Crippen molar-refractivity contribution in [3.05, 3.63) is 22.4 Å². The second kappa shape index (κ2) is 5.37. The summed E-state index contributed by atoms with van der Waals surface area (Å²) in [7, 11) is 0. The third kappa shape index (κ3) is 4.41. The van der Waals surface area contributed by atoms with E-state index in [0.29, 0.717) is 12.6 Å². The van der Waals surface area contributed by atoms with Gasteiger partial charge >= 0.3 is 0 Å². The highest BCUT2D eigenvalue weighted by molar-refractivity contribution is 7.07. The van der Waals surface area contributed by atoms with Crippen molar-refractivity contribution in [1.29, 1.82) is 0 Å². The van der Waals surface area contributed by atoms with Crippen molar-refractivity contribution in [2.45, 2.75) is 32.4 Å². The molecule has 0 spiro atoms. The van der Waals surface area contributed by atoms with E-state index in [2.05, 4.69) is 29.1 Å². The van der Waals surface area contributed by atoms with Crippen LogP contribution in [0.5, 0.6) is 0 Å². The van der Waals surface area contributed by atoms with Gasteiger partial charge in [-0.15, -0.1) is 0 Å². The van der Waals surface area contributed by atoms with Crippen LogP contribution in [-0.2, 0) is 6.42 Å². The van der Waals surface area contributed by atoms with E-state index in [4.69, 9.17) is 5.11 Å². The Kier molecular flexibility index (Phi) is 4.42. The second-order valence-corrected chi connectivity index (χ2v) is 4.27. The molecular weight excluding hydrogens is 182 g/mol. The number of hydrogen-bond donors (Lipinski definition) is 2. The summed E-state index contributed by atoms with van der Waals surface area (Å²) in [4.78, 5) is 0. The maximum Gasteiger partial charge on any atom is 0.0636 e. The maximum atomic E-state index is 9.07. The van der Waals surface area contributed by atoms with Crippen LogP contribution in [0.4, 0.5) is 0 Å². The first-order valence-corrected chi connectivity index (χ1v) is 5.55. The van der Waals surface area contributed by atoms with Crippen molar-refractivity contribution < 1.29 is 5.11 Å². The van der Waals surface area contributed by atoms with Gasteiger partial charge in [-0.3, -0.25) is 0 Å². The average molecular weight is 199 g/mol. The van der Waals surface area contributed by atoms with Crippen LogP contribution >= 0.6 is 11.3 Å². The van der Waals surface area contributed by atoms with Gasteiger partial charge in [0, 0.05) is 12.6 Å². The molecule has 0 aliphatic heterocycles. The van der Waals surface area contributed by atoms with E-state index in [9.17, 15) is 0 Å². The third-order valence-electron chi connectivity index (χ3n) is 1.88. The number of rotatable bonds is 5. The van der Waals surface area contributed by atoms with Gasteiger partial charge < -0.3 is 10.4 Å². The highest BCUT2D eigenvalue weighted by Crippen LogP contribution is 2.08. The molecule has 0 fully saturated rings. The van der Waals surface area contributed by atoms with Crippen LogP contribution in [-0.4, -0.2) is 23.8 Å². The third-order valence-corrected chi connectivity index (χ3v) is 2.62. The molecule has 74 valence electrons. The molecular formula is C10H17NOS. The minimum Gasteiger partial charge on any atom is -0.392 e. The zero-order chi connectivity index (χ0) is 9.68. The van der Waals surface area contributed by atoms with Gasteiger partial charge in [-0.25, -0.2) is 0 Å². The number of aliphatic hydroxyl groups is 1. The van der Waals surface area contributed by atoms with Crippen LogP contribution in [0.2, 0.25) is 0 Å². The minimum atomic E-state index is -0.259. The van der Waals surface area contributed by atoms with Gasteiger partial charge in [-0.2, -0.15) is 11.3 Å². The lowest BCUT2D eigenvalue weighted by Gasteiger charge is -2.14. The van der Waals surface area contributed by atoms with Crippen LogP contribution in [0, 0.1) is 0 Å². The van der Waals surface area contributed by atoms with Crippen LogP contribution < -0.4 is 5.32 Å². The topological polar surface area (TPSA) is 32.3 Å². The lowest BCUT2D eigenvalue weighted by Crippen LogP contribution is -2.33. The molecule has 1 unspecified atom stereocenters. The quantitative estimate of drug-likeness (QED) is 0.756. The molecule has 0 radical (unpaired) electrons. The Morgan fingerprint density at radius 3 is 2.85 bits per heavy atom. The number of thiophene rings is 1. The predicted molar refractivity (Wildman–Crippen MR) is 57.2 cm³/mol. The van der Waals surface area contributed by atoms with Crippen LogP contribution in [0.15, 0.2) is 16.8 Å². The van der Waals surface area contributed by atoms with Gasteiger partial charge in [0.25, 0.3) is 0 Å². The summed E-state index contributed by atoms with van der Waals surface area (Å²) in [6.45, 7) is 4.61. The van der Waals surface area contributed by atoms with Crippen LogP contribution in [0.3, 0.4) is 0 Å². The van der Waals surface area contributed by atoms with E-state index in [0.717, 1.165) is 6.42 Å². The molecule has 0 aliphatic rings. The van der Waals surface area contributed by atoms with E-state index in [1.807, 2.05) is 0 Å². The highest BCUT2D eigenvalue weighted by atomic mass is 32.1. The Balaban J connectivity index is 2.22. The first-order valence-electron chi connectivity index (χ1n) is 4.61. The second-order valence-electron chi connectivity index (χ2n) is 3.49. The minimum absolute atomic E-state index is 0.259. The Hall–Kier alpha value is -0.380. The molecule has 1 rings (SSSR count). The summed E-state index contributed by atoms with van der Waals surface area (Å²) in [5, 5.41) is 16.6. The Morgan fingerprint density at radius 1 is 1.54 bits per heavy atom. The van der Waals surface area contributed by atoms with E-state index in [1.165, 1.54) is 5.56 Å². The molecule has 1 aromatic rings. The molecule has 1 heterocycles. The molecule has 0 amide bonds. The zero-order valence-corrected chi connectivity index (χ0v) is 8.97. The molecule has 3 heteroatoms. The smallest absolute Gasteiger partial charge is 0.0636 e. The van der Waals surface area contributed by atoms with Gasteiger partial charge in [-0.1, -0.05) is 0 Å². The molecule has 0 aromatic carbocycles. The maximum absolute atomic E-state index is 9.07. The number of nitrogens with one attached hydrogen (secondary N) is 1. The SMILES string of the molecule is CC(Cc1ccsc1)NC[C@H](C)O. The van der Waals surface area contributed by atoms with Gasteiger partial charge in [0.2, 0.25) is 0 Å². The van der Waals surface area contributed by atoms with Crippen molar-refractivity contribution >= 4 is 11.3 Å². The van der Waals surface area contributed by atoms with E-state index in [1.54, 1.807) is 18.3 Å². The van der Waals surface area contributed by atoms with Crippen LogP contribution in [0.25, 0.3) is 0 Å². The monoisotopic (exact) mass is 199 g/mol. The lowest BCUT2D eigenvalue weighted by molar-refractivity contribution is 0.187. The van der Waals surface area contributed by atoms with Crippen LogP contribution in [0.1, 0.15) is 19.4 Å². The Labute approximate surface area is 83.6 Å². The molecule has 2 nitrogen and oxygen atoms in total. The summed E-state index contributed by atoms with van der Waals surface area (Å²) >= 11 is 1.73. The molecule has 0 aliphatic carbocycles. The van der Waals surface area contributed by atoms with Crippen molar-refractivity contribution in [2.75, 3.05) is 6.54 Å². The van der Waals surface area contributed by atoms with Crippen molar-refractivity contribution in [3.63, 3.8) is 0 Å². The fourth-order valence-corrected chi connectivity index (χ4v) is 1.89. The summed E-state index contributed by atoms with van der Waals surface area (Å²) in [6.07, 6.45) is 0.779. The molecule has 0 saturated heterocycles. The highest BCUT2D eigenvalue weighted by Gasteiger charge is 2.04. The lowest BCUT2D eigenvalue weighted by atomic mass is 10.1. The molecule has 13 heavy (non-hydrogen) atoms. The van der Waals surface area contributed by atoms with Crippen molar-refractivity contribution in [1.82, 2.24) is 5.32 Å². The van der Waals surface area contributed by atoms with Gasteiger partial charge in [0.1, 0.15) is 0 Å². The van der Waals surface area contributed by atoms with E-state index >= 15 is 0 Å². The Bertz CT molecular complexity index is 221.